The van der Waals surface area contributed by atoms with Gasteiger partial charge in [0, 0.05) is 0 Å². The van der Waals surface area contributed by atoms with E-state index in [4.69, 9.17) is 0 Å². The third-order valence-electron chi connectivity index (χ3n) is 1.92. The Kier molecular flexibility index (Phi) is 4.44. The molecule has 0 saturated carbocycles. The van der Waals surface area contributed by atoms with Gasteiger partial charge in [0.25, 0.3) is 0 Å². The van der Waals surface area contributed by atoms with E-state index >= 15 is 0 Å². The SMILES string of the molecule is FCCC(F)Cc1ccccc1[AsH2]. The van der Waals surface area contributed by atoms with Gasteiger partial charge in [0.15, 0.2) is 0 Å². The fraction of sp³-hybridized carbons (Fsp3) is 0.400. The van der Waals surface area contributed by atoms with E-state index in [9.17, 15) is 8.78 Å². The van der Waals surface area contributed by atoms with Gasteiger partial charge in [-0.2, -0.15) is 0 Å². The van der Waals surface area contributed by atoms with E-state index in [1.165, 1.54) is 16.9 Å². The second-order valence-corrected chi connectivity index (χ2v) is 4.28. The molecule has 0 aliphatic heterocycles. The Bertz CT molecular complexity index is 263. The van der Waals surface area contributed by atoms with Crippen LogP contribution in [0.15, 0.2) is 24.3 Å². The minimum absolute atomic E-state index is 0.0152. The van der Waals surface area contributed by atoms with Gasteiger partial charge >= 0.3 is 85.5 Å². The van der Waals surface area contributed by atoms with Crippen LogP contribution >= 0.6 is 0 Å². The molecule has 0 N–H and O–H groups in total. The summed E-state index contributed by atoms with van der Waals surface area (Å²) in [6.07, 6.45) is -0.679. The van der Waals surface area contributed by atoms with E-state index in [2.05, 4.69) is 0 Å². The Labute approximate surface area is 85.8 Å². The van der Waals surface area contributed by atoms with Crippen molar-refractivity contribution in [3.05, 3.63) is 29.8 Å². The Morgan fingerprint density at radius 2 is 2.00 bits per heavy atom. The predicted octanol–water partition coefficient (Wildman–Crippen LogP) is 1.19. The average Bonchev–Trinajstić information content (AvgIpc) is 2.09. The van der Waals surface area contributed by atoms with E-state index in [0.29, 0.717) is 6.42 Å². The summed E-state index contributed by atoms with van der Waals surface area (Å²) >= 11 is 1.48. The molecule has 0 aliphatic rings. The first-order chi connectivity index (χ1) is 6.24. The molecule has 0 radical (unpaired) electrons. The molecular weight excluding hydrogens is 233 g/mol. The first-order valence-electron chi connectivity index (χ1n) is 4.27. The van der Waals surface area contributed by atoms with Crippen molar-refractivity contribution in [2.75, 3.05) is 6.67 Å². The molecule has 3 heteroatoms. The molecule has 72 valence electrons. The fourth-order valence-corrected chi connectivity index (χ4v) is 1.86. The predicted molar refractivity (Wildman–Crippen MR) is 53.8 cm³/mol. The van der Waals surface area contributed by atoms with Crippen molar-refractivity contribution in [1.82, 2.24) is 0 Å². The topological polar surface area (TPSA) is 0 Å². The normalized spacial score (nSPS) is 12.8. The molecule has 0 nitrogen and oxygen atoms in total. The van der Waals surface area contributed by atoms with Crippen molar-refractivity contribution in [3.63, 3.8) is 0 Å². The van der Waals surface area contributed by atoms with Gasteiger partial charge in [-0.25, -0.2) is 0 Å². The van der Waals surface area contributed by atoms with Crippen molar-refractivity contribution in [3.8, 4) is 0 Å². The maximum atomic E-state index is 13.0. The monoisotopic (exact) mass is 246 g/mol. The van der Waals surface area contributed by atoms with Crippen molar-refractivity contribution >= 4 is 21.2 Å². The zero-order valence-corrected chi connectivity index (χ0v) is 9.76. The minimum atomic E-state index is -1.04. The summed E-state index contributed by atoms with van der Waals surface area (Å²) in [4.78, 5) is 0. The van der Waals surface area contributed by atoms with Crippen LogP contribution in [0.5, 0.6) is 0 Å². The van der Waals surface area contributed by atoms with E-state index < -0.39 is 12.8 Å². The molecule has 1 aromatic carbocycles. The molecule has 2 unspecified atom stereocenters. The molecule has 2 atom stereocenters. The maximum absolute atomic E-state index is 13.0. The van der Waals surface area contributed by atoms with Crippen LogP contribution in [-0.2, 0) is 6.42 Å². The van der Waals surface area contributed by atoms with E-state index in [1.54, 1.807) is 0 Å². The number of rotatable bonds is 4. The van der Waals surface area contributed by atoms with Gasteiger partial charge in [-0.05, 0) is 0 Å². The van der Waals surface area contributed by atoms with Crippen LogP contribution in [0.4, 0.5) is 8.78 Å². The van der Waals surface area contributed by atoms with Gasteiger partial charge in [-0.1, -0.05) is 0 Å². The molecular formula is C10H13AsF2. The van der Waals surface area contributed by atoms with E-state index in [-0.39, 0.29) is 6.42 Å². The van der Waals surface area contributed by atoms with Crippen LogP contribution in [0.3, 0.4) is 0 Å². The van der Waals surface area contributed by atoms with Crippen LogP contribution in [-0.4, -0.2) is 29.7 Å². The first-order valence-corrected chi connectivity index (χ1v) is 5.48. The summed E-state index contributed by atoms with van der Waals surface area (Å²) in [5, 5.41) is 0. The quantitative estimate of drug-likeness (QED) is 0.700. The number of hydrogen-bond donors (Lipinski definition) is 0. The number of alkyl halides is 2. The van der Waals surface area contributed by atoms with Crippen molar-refractivity contribution in [2.45, 2.75) is 19.0 Å². The summed E-state index contributed by atoms with van der Waals surface area (Å²) in [6.45, 7) is -0.571. The molecule has 13 heavy (non-hydrogen) atoms. The van der Waals surface area contributed by atoms with Gasteiger partial charge in [-0.15, -0.1) is 0 Å². The number of benzene rings is 1. The number of halogens is 2. The van der Waals surface area contributed by atoms with Gasteiger partial charge in [-0.3, -0.25) is 0 Å². The summed E-state index contributed by atoms with van der Waals surface area (Å²) in [6, 6.07) is 7.70. The van der Waals surface area contributed by atoms with Crippen LogP contribution in [0.2, 0.25) is 0 Å². The van der Waals surface area contributed by atoms with Crippen molar-refractivity contribution < 1.29 is 8.78 Å². The molecule has 0 spiro atoms. The molecule has 0 aromatic heterocycles. The van der Waals surface area contributed by atoms with Gasteiger partial charge in [0.2, 0.25) is 0 Å². The zero-order valence-electron chi connectivity index (χ0n) is 7.34. The first kappa shape index (κ1) is 10.7. The van der Waals surface area contributed by atoms with Gasteiger partial charge in [0.05, 0.1) is 0 Å². The second kappa shape index (κ2) is 5.39. The van der Waals surface area contributed by atoms with Crippen molar-refractivity contribution in [2.24, 2.45) is 0 Å². The van der Waals surface area contributed by atoms with Gasteiger partial charge < -0.3 is 0 Å². The molecule has 1 aromatic rings. The molecule has 0 fully saturated rings. The Hall–Kier alpha value is -0.362. The Morgan fingerprint density at radius 1 is 1.31 bits per heavy atom. The molecule has 1 rings (SSSR count). The van der Waals surface area contributed by atoms with Gasteiger partial charge in [0.1, 0.15) is 0 Å². The van der Waals surface area contributed by atoms with Crippen LogP contribution in [0, 0.1) is 0 Å². The summed E-state index contributed by atoms with van der Waals surface area (Å²) < 4.78 is 26.0. The number of hydrogen-bond acceptors (Lipinski definition) is 0. The third kappa shape index (κ3) is 3.48. The zero-order chi connectivity index (χ0) is 9.68. The molecule has 0 amide bonds. The molecule has 0 bridgehead atoms. The van der Waals surface area contributed by atoms with Crippen LogP contribution in [0.1, 0.15) is 12.0 Å². The molecule has 0 saturated heterocycles. The summed E-state index contributed by atoms with van der Waals surface area (Å²) in [5.74, 6) is 0. The Morgan fingerprint density at radius 3 is 2.62 bits per heavy atom. The van der Waals surface area contributed by atoms with Crippen LogP contribution < -0.4 is 4.35 Å². The Balaban J connectivity index is 2.58. The third-order valence-corrected chi connectivity index (χ3v) is 3.10. The summed E-state index contributed by atoms with van der Waals surface area (Å²) in [5.41, 5.74) is 1.00. The van der Waals surface area contributed by atoms with E-state index in [0.717, 1.165) is 9.91 Å². The standard InChI is InChI=1S/C10H13AsF2/c11-10-4-2-1-3-8(10)7-9(13)5-6-12/h1-4,9H,5-7,11H2. The average molecular weight is 246 g/mol. The second-order valence-electron chi connectivity index (χ2n) is 2.98. The van der Waals surface area contributed by atoms with Crippen molar-refractivity contribution in [1.29, 1.82) is 0 Å². The summed E-state index contributed by atoms with van der Waals surface area (Å²) in [7, 11) is 0. The fourth-order valence-electron chi connectivity index (χ4n) is 1.18. The molecule has 0 aliphatic carbocycles. The van der Waals surface area contributed by atoms with E-state index in [1.807, 2.05) is 24.3 Å². The molecule has 0 heterocycles. The van der Waals surface area contributed by atoms with Crippen LogP contribution in [0.25, 0.3) is 0 Å².